The molecular formula is C12H18FNO. The highest BCUT2D eigenvalue weighted by atomic mass is 19.1. The summed E-state index contributed by atoms with van der Waals surface area (Å²) in [6.07, 6.45) is 0.681. The maximum Gasteiger partial charge on any atom is 0.123 e. The predicted octanol–water partition coefficient (Wildman–Crippen LogP) is 2.71. The van der Waals surface area contributed by atoms with E-state index in [-0.39, 0.29) is 5.82 Å². The lowest BCUT2D eigenvalue weighted by Crippen LogP contribution is -2.32. The van der Waals surface area contributed by atoms with Gasteiger partial charge in [-0.15, -0.1) is 0 Å². The summed E-state index contributed by atoms with van der Waals surface area (Å²) in [5.74, 6) is -0.236. The molecule has 0 saturated carbocycles. The van der Waals surface area contributed by atoms with E-state index < -0.39 is 5.60 Å². The van der Waals surface area contributed by atoms with E-state index in [4.69, 9.17) is 0 Å². The largest absolute Gasteiger partial charge is 0.388 e. The summed E-state index contributed by atoms with van der Waals surface area (Å²) in [7, 11) is 0. The molecule has 0 aliphatic rings. The van der Waals surface area contributed by atoms with Crippen LogP contribution in [0.2, 0.25) is 0 Å². The third kappa shape index (κ3) is 3.51. The molecule has 0 bridgehead atoms. The Morgan fingerprint density at radius 2 is 2.13 bits per heavy atom. The van der Waals surface area contributed by atoms with E-state index in [1.807, 2.05) is 13.8 Å². The zero-order chi connectivity index (χ0) is 11.5. The second-order valence-corrected chi connectivity index (χ2v) is 4.16. The van der Waals surface area contributed by atoms with Crippen LogP contribution in [-0.4, -0.2) is 17.3 Å². The first-order chi connectivity index (χ1) is 6.94. The highest BCUT2D eigenvalue weighted by Gasteiger charge is 2.16. The van der Waals surface area contributed by atoms with Crippen molar-refractivity contribution >= 4 is 5.69 Å². The summed E-state index contributed by atoms with van der Waals surface area (Å²) in [6.45, 7) is 6.01. The van der Waals surface area contributed by atoms with Crippen molar-refractivity contribution in [3.8, 4) is 0 Å². The molecule has 0 radical (unpaired) electrons. The average Bonchev–Trinajstić information content (AvgIpc) is 2.16. The fourth-order valence-corrected chi connectivity index (χ4v) is 1.24. The molecule has 0 saturated heterocycles. The summed E-state index contributed by atoms with van der Waals surface area (Å²) < 4.78 is 12.8. The molecule has 2 nitrogen and oxygen atoms in total. The van der Waals surface area contributed by atoms with Crippen molar-refractivity contribution in [1.29, 1.82) is 0 Å². The molecule has 1 aromatic rings. The van der Waals surface area contributed by atoms with Crippen LogP contribution in [0.5, 0.6) is 0 Å². The van der Waals surface area contributed by atoms with Crippen molar-refractivity contribution in [3.63, 3.8) is 0 Å². The molecule has 1 unspecified atom stereocenters. The Morgan fingerprint density at radius 1 is 1.47 bits per heavy atom. The van der Waals surface area contributed by atoms with Crippen LogP contribution in [0.15, 0.2) is 18.2 Å². The fraction of sp³-hybridized carbons (Fsp3) is 0.500. The molecule has 1 atom stereocenters. The minimum Gasteiger partial charge on any atom is -0.388 e. The fourth-order valence-electron chi connectivity index (χ4n) is 1.24. The Hall–Kier alpha value is -1.09. The number of anilines is 1. The standard InChI is InChI=1S/C12H18FNO/c1-4-12(3,15)8-14-11-6-5-10(13)7-9(11)2/h5-7,14-15H,4,8H2,1-3H3. The van der Waals surface area contributed by atoms with Gasteiger partial charge in [-0.3, -0.25) is 0 Å². The molecule has 0 amide bonds. The number of aryl methyl sites for hydroxylation is 1. The highest BCUT2D eigenvalue weighted by molar-refractivity contribution is 5.50. The first-order valence-electron chi connectivity index (χ1n) is 5.17. The SMILES string of the molecule is CCC(C)(O)CNc1ccc(F)cc1C. The second kappa shape index (κ2) is 4.62. The Bertz CT molecular complexity index is 336. The molecule has 15 heavy (non-hydrogen) atoms. The molecule has 84 valence electrons. The number of nitrogens with one attached hydrogen (secondary N) is 1. The van der Waals surface area contributed by atoms with Gasteiger partial charge in [-0.2, -0.15) is 0 Å². The van der Waals surface area contributed by atoms with Crippen molar-refractivity contribution in [2.24, 2.45) is 0 Å². The molecule has 0 aromatic heterocycles. The Labute approximate surface area is 90.1 Å². The molecule has 0 spiro atoms. The number of rotatable bonds is 4. The first kappa shape index (κ1) is 12.0. The second-order valence-electron chi connectivity index (χ2n) is 4.16. The minimum absolute atomic E-state index is 0.236. The van der Waals surface area contributed by atoms with Gasteiger partial charge in [-0.05, 0) is 44.0 Å². The van der Waals surface area contributed by atoms with Crippen LogP contribution < -0.4 is 5.32 Å². The predicted molar refractivity (Wildman–Crippen MR) is 60.5 cm³/mol. The van der Waals surface area contributed by atoms with Crippen LogP contribution in [0.4, 0.5) is 10.1 Å². The number of hydrogen-bond donors (Lipinski definition) is 2. The van der Waals surface area contributed by atoms with Gasteiger partial charge in [0.05, 0.1) is 5.60 Å². The number of aliphatic hydroxyl groups is 1. The van der Waals surface area contributed by atoms with Gasteiger partial charge < -0.3 is 10.4 Å². The Kier molecular flexibility index (Phi) is 3.69. The number of benzene rings is 1. The summed E-state index contributed by atoms with van der Waals surface area (Å²) in [5.41, 5.74) is 0.993. The molecule has 1 rings (SSSR count). The van der Waals surface area contributed by atoms with Crippen LogP contribution in [0.3, 0.4) is 0 Å². The van der Waals surface area contributed by atoms with Crippen LogP contribution in [0.25, 0.3) is 0 Å². The van der Waals surface area contributed by atoms with Gasteiger partial charge in [0, 0.05) is 12.2 Å². The maximum atomic E-state index is 12.8. The van der Waals surface area contributed by atoms with E-state index in [0.29, 0.717) is 13.0 Å². The lowest BCUT2D eigenvalue weighted by molar-refractivity contribution is 0.0697. The zero-order valence-corrected chi connectivity index (χ0v) is 9.47. The van der Waals surface area contributed by atoms with E-state index in [9.17, 15) is 9.50 Å². The summed E-state index contributed by atoms with van der Waals surface area (Å²) in [4.78, 5) is 0. The van der Waals surface area contributed by atoms with Crippen molar-refractivity contribution in [2.45, 2.75) is 32.8 Å². The smallest absolute Gasteiger partial charge is 0.123 e. The van der Waals surface area contributed by atoms with Crippen LogP contribution >= 0.6 is 0 Å². The average molecular weight is 211 g/mol. The third-order valence-corrected chi connectivity index (χ3v) is 2.61. The molecule has 0 aliphatic carbocycles. The Morgan fingerprint density at radius 3 is 2.67 bits per heavy atom. The molecule has 0 aliphatic heterocycles. The van der Waals surface area contributed by atoms with Crippen LogP contribution in [0, 0.1) is 12.7 Å². The first-order valence-corrected chi connectivity index (χ1v) is 5.17. The minimum atomic E-state index is -0.721. The van der Waals surface area contributed by atoms with Gasteiger partial charge in [0.15, 0.2) is 0 Å². The van der Waals surface area contributed by atoms with Gasteiger partial charge in [0.1, 0.15) is 5.82 Å². The van der Waals surface area contributed by atoms with Gasteiger partial charge in [-0.1, -0.05) is 6.92 Å². The van der Waals surface area contributed by atoms with Gasteiger partial charge in [0.2, 0.25) is 0 Å². The van der Waals surface area contributed by atoms with Crippen molar-refractivity contribution in [3.05, 3.63) is 29.6 Å². The highest BCUT2D eigenvalue weighted by Crippen LogP contribution is 2.17. The molecular weight excluding hydrogens is 193 g/mol. The topological polar surface area (TPSA) is 32.3 Å². The van der Waals surface area contributed by atoms with E-state index >= 15 is 0 Å². The van der Waals surface area contributed by atoms with E-state index in [1.165, 1.54) is 12.1 Å². The van der Waals surface area contributed by atoms with Crippen molar-refractivity contribution in [2.75, 3.05) is 11.9 Å². The van der Waals surface area contributed by atoms with E-state index in [2.05, 4.69) is 5.32 Å². The lowest BCUT2D eigenvalue weighted by atomic mass is 10.0. The van der Waals surface area contributed by atoms with E-state index in [0.717, 1.165) is 11.3 Å². The maximum absolute atomic E-state index is 12.8. The molecule has 0 heterocycles. The number of halogens is 1. The van der Waals surface area contributed by atoms with Gasteiger partial charge in [-0.25, -0.2) is 4.39 Å². The third-order valence-electron chi connectivity index (χ3n) is 2.61. The summed E-state index contributed by atoms with van der Waals surface area (Å²) in [6, 6.07) is 4.58. The molecule has 1 aromatic carbocycles. The normalized spacial score (nSPS) is 14.7. The van der Waals surface area contributed by atoms with Crippen LogP contribution in [-0.2, 0) is 0 Å². The van der Waals surface area contributed by atoms with Crippen molar-refractivity contribution < 1.29 is 9.50 Å². The monoisotopic (exact) mass is 211 g/mol. The van der Waals surface area contributed by atoms with Gasteiger partial charge >= 0.3 is 0 Å². The van der Waals surface area contributed by atoms with E-state index in [1.54, 1.807) is 13.0 Å². The van der Waals surface area contributed by atoms with Crippen molar-refractivity contribution in [1.82, 2.24) is 0 Å². The zero-order valence-electron chi connectivity index (χ0n) is 9.47. The quantitative estimate of drug-likeness (QED) is 0.802. The molecule has 3 heteroatoms. The van der Waals surface area contributed by atoms with Gasteiger partial charge in [0.25, 0.3) is 0 Å². The summed E-state index contributed by atoms with van der Waals surface area (Å²) in [5, 5.41) is 12.9. The Balaban J connectivity index is 2.66. The molecule has 0 fully saturated rings. The molecule has 2 N–H and O–H groups in total. The lowest BCUT2D eigenvalue weighted by Gasteiger charge is -2.22. The van der Waals surface area contributed by atoms with Crippen LogP contribution in [0.1, 0.15) is 25.8 Å². The summed E-state index contributed by atoms with van der Waals surface area (Å²) >= 11 is 0. The number of hydrogen-bond acceptors (Lipinski definition) is 2.